The third-order valence-electron chi connectivity index (χ3n) is 9.50. The van der Waals surface area contributed by atoms with Crippen LogP contribution < -0.4 is 9.64 Å². The van der Waals surface area contributed by atoms with E-state index in [0.29, 0.717) is 18.9 Å². The van der Waals surface area contributed by atoms with E-state index in [2.05, 4.69) is 0 Å². The number of rotatable bonds is 12. The first kappa shape index (κ1) is 39.9. The quantitative estimate of drug-likeness (QED) is 0.217. The van der Waals surface area contributed by atoms with Crippen LogP contribution in [0.5, 0.6) is 5.75 Å². The number of fused-ring (bicyclic) bond motifs is 1. The molecule has 0 bridgehead atoms. The van der Waals surface area contributed by atoms with E-state index in [1.54, 1.807) is 26.0 Å². The zero-order valence-electron chi connectivity index (χ0n) is 30.7. The molecule has 0 aliphatic carbocycles. The zero-order valence-corrected chi connectivity index (χ0v) is 30.7. The molecule has 2 aliphatic heterocycles. The van der Waals surface area contributed by atoms with Crippen LogP contribution in [0.15, 0.2) is 72.8 Å². The minimum Gasteiger partial charge on any atom is -0.473 e. The molecule has 0 saturated carbocycles. The number of methoxy groups -OCH3 is 1. The summed E-state index contributed by atoms with van der Waals surface area (Å²) in [6.07, 6.45) is -6.06. The number of piperidine rings is 1. The number of hydrogen-bond donors (Lipinski definition) is 1. The van der Waals surface area contributed by atoms with Crippen molar-refractivity contribution in [3.05, 3.63) is 95.1 Å². The first-order valence-corrected chi connectivity index (χ1v) is 17.7. The summed E-state index contributed by atoms with van der Waals surface area (Å²) in [6.45, 7) is 4.35. The smallest absolute Gasteiger partial charge is 0.417 e. The Morgan fingerprint density at radius 2 is 1.69 bits per heavy atom. The van der Waals surface area contributed by atoms with Gasteiger partial charge in [-0.3, -0.25) is 9.59 Å². The highest BCUT2D eigenvalue weighted by Gasteiger charge is 2.48. The van der Waals surface area contributed by atoms with Crippen LogP contribution in [0.3, 0.4) is 0 Å². The maximum atomic E-state index is 14.8. The number of benzene rings is 3. The maximum Gasteiger partial charge on any atom is 0.417 e. The molecular weight excluding hydrogens is 709 g/mol. The van der Waals surface area contributed by atoms with Crippen LogP contribution in [0.1, 0.15) is 60.7 Å². The van der Waals surface area contributed by atoms with Gasteiger partial charge < -0.3 is 38.9 Å². The molecule has 2 atom stereocenters. The number of ether oxygens (including phenoxy) is 3. The van der Waals surface area contributed by atoms with Gasteiger partial charge in [0.2, 0.25) is 5.60 Å². The fourth-order valence-corrected chi connectivity index (χ4v) is 6.93. The fraction of sp³-hybridized carbons (Fsp3) is 0.436. The van der Waals surface area contributed by atoms with Gasteiger partial charge in [-0.2, -0.15) is 13.2 Å². The maximum absolute atomic E-state index is 14.8. The van der Waals surface area contributed by atoms with Crippen LogP contribution in [0.25, 0.3) is 0 Å². The Balaban J connectivity index is 1.53. The van der Waals surface area contributed by atoms with Gasteiger partial charge in [-0.25, -0.2) is 9.59 Å². The Labute approximate surface area is 312 Å². The van der Waals surface area contributed by atoms with E-state index in [4.69, 9.17) is 14.2 Å². The molecule has 3 aromatic carbocycles. The van der Waals surface area contributed by atoms with Crippen LogP contribution >= 0.6 is 0 Å². The Morgan fingerprint density at radius 3 is 2.28 bits per heavy atom. The number of nitrogens with zero attached hydrogens (tertiary/aromatic N) is 4. The summed E-state index contributed by atoms with van der Waals surface area (Å²) < 4.78 is 61.4. The third-order valence-corrected chi connectivity index (χ3v) is 9.50. The molecule has 1 N–H and O–H groups in total. The van der Waals surface area contributed by atoms with Crippen LogP contribution in [0.4, 0.5) is 28.4 Å². The molecule has 54 heavy (non-hydrogen) atoms. The number of halogens is 3. The molecule has 5 rings (SSSR count). The van der Waals surface area contributed by atoms with E-state index in [0.717, 1.165) is 22.1 Å². The van der Waals surface area contributed by atoms with Gasteiger partial charge in [0.1, 0.15) is 12.4 Å². The van der Waals surface area contributed by atoms with Crippen molar-refractivity contribution < 1.29 is 51.7 Å². The number of likely N-dealkylation sites (tertiary alicyclic amines) is 1. The van der Waals surface area contributed by atoms with Crippen LogP contribution in [0.2, 0.25) is 0 Å². The summed E-state index contributed by atoms with van der Waals surface area (Å²) in [4.78, 5) is 58.9. The topological polar surface area (TPSA) is 129 Å². The molecule has 4 amide bonds. The minimum atomic E-state index is -5.01. The third kappa shape index (κ3) is 9.07. The normalized spacial score (nSPS) is 18.5. The van der Waals surface area contributed by atoms with Crippen LogP contribution in [-0.4, -0.2) is 101 Å². The predicted octanol–water partition coefficient (Wildman–Crippen LogP) is 6.67. The lowest BCUT2D eigenvalue weighted by Crippen LogP contribution is -2.58. The standard InChI is InChI=1S/C39H45F3N4O8/c1-26(2)46(29-16-11-17-43(23-29)36(49)50)34(47)30-20-32-33(21-31(30)39(40,41)42)54-38(3,25-52-4)35(48)45(32)19-18-44(22-27-12-7-5-8-13-27)37(51)53-24-28-14-9-6-10-15-28/h5-10,12-15,20-21,26,29H,11,16-19,22-25H2,1-4H3,(H,49,50)/t29-,38?/m1/s1. The summed E-state index contributed by atoms with van der Waals surface area (Å²) in [7, 11) is 1.33. The Hall–Kier alpha value is -5.31. The Bertz CT molecular complexity index is 1810. The minimum absolute atomic E-state index is 0.0144. The number of hydrogen-bond acceptors (Lipinski definition) is 7. The summed E-state index contributed by atoms with van der Waals surface area (Å²) in [5.74, 6) is -1.92. The van der Waals surface area contributed by atoms with Gasteiger partial charge in [0, 0.05) is 45.9 Å². The van der Waals surface area contributed by atoms with Crippen molar-refractivity contribution in [2.75, 3.05) is 44.8 Å². The lowest BCUT2D eigenvalue weighted by molar-refractivity contribution is -0.140. The van der Waals surface area contributed by atoms with E-state index in [9.17, 15) is 37.5 Å². The SMILES string of the molecule is COCC1(C)Oc2cc(C(F)(F)F)c(C(=O)N(C(C)C)[C@@H]3CCCN(C(=O)O)C3)cc2N(CCN(Cc2ccccc2)C(=O)OCc2ccccc2)C1=O. The molecule has 1 unspecified atom stereocenters. The van der Waals surface area contributed by atoms with Gasteiger partial charge in [0.15, 0.2) is 0 Å². The molecule has 1 fully saturated rings. The van der Waals surface area contributed by atoms with Crippen molar-refractivity contribution in [3.8, 4) is 5.75 Å². The molecule has 0 aromatic heterocycles. The van der Waals surface area contributed by atoms with Gasteiger partial charge in [-0.1, -0.05) is 60.7 Å². The highest BCUT2D eigenvalue weighted by atomic mass is 19.4. The van der Waals surface area contributed by atoms with Crippen LogP contribution in [0, 0.1) is 0 Å². The van der Waals surface area contributed by atoms with E-state index in [-0.39, 0.29) is 57.4 Å². The molecule has 290 valence electrons. The molecule has 12 nitrogen and oxygen atoms in total. The lowest BCUT2D eigenvalue weighted by Gasteiger charge is -2.42. The zero-order chi connectivity index (χ0) is 39.2. The van der Waals surface area contributed by atoms with Crippen molar-refractivity contribution in [2.45, 2.75) is 70.6 Å². The van der Waals surface area contributed by atoms with Crippen LogP contribution in [-0.2, 0) is 33.6 Å². The number of amides is 4. The van der Waals surface area contributed by atoms with Gasteiger partial charge in [-0.05, 0) is 56.9 Å². The summed E-state index contributed by atoms with van der Waals surface area (Å²) in [6, 6.07) is 18.6. The number of carboxylic acid groups (broad SMARTS) is 1. The van der Waals surface area contributed by atoms with Crippen molar-refractivity contribution in [2.24, 2.45) is 0 Å². The number of carbonyl (C=O) groups excluding carboxylic acids is 3. The second-order valence-electron chi connectivity index (χ2n) is 13.9. The van der Waals surface area contributed by atoms with E-state index >= 15 is 0 Å². The van der Waals surface area contributed by atoms with Crippen molar-refractivity contribution in [1.82, 2.24) is 14.7 Å². The molecular formula is C39H45F3N4O8. The molecule has 1 saturated heterocycles. The summed E-state index contributed by atoms with van der Waals surface area (Å²) in [5, 5.41) is 9.62. The Kier molecular flexibility index (Phi) is 12.4. The van der Waals surface area contributed by atoms with E-state index in [1.165, 1.54) is 28.7 Å². The molecule has 2 heterocycles. The van der Waals surface area contributed by atoms with E-state index in [1.807, 2.05) is 48.5 Å². The molecule has 0 radical (unpaired) electrons. The monoisotopic (exact) mass is 754 g/mol. The molecule has 15 heteroatoms. The van der Waals surface area contributed by atoms with Crippen molar-refractivity contribution >= 4 is 29.7 Å². The van der Waals surface area contributed by atoms with E-state index < -0.39 is 59.0 Å². The first-order chi connectivity index (χ1) is 25.6. The highest BCUT2D eigenvalue weighted by molar-refractivity contribution is 6.05. The fourth-order valence-electron chi connectivity index (χ4n) is 6.93. The van der Waals surface area contributed by atoms with Gasteiger partial charge >= 0.3 is 18.4 Å². The molecule has 2 aliphatic rings. The summed E-state index contributed by atoms with van der Waals surface area (Å²) >= 11 is 0. The predicted molar refractivity (Wildman–Crippen MR) is 192 cm³/mol. The van der Waals surface area contributed by atoms with Gasteiger partial charge in [-0.15, -0.1) is 0 Å². The largest absolute Gasteiger partial charge is 0.473 e. The second kappa shape index (κ2) is 16.8. The number of alkyl halides is 3. The Morgan fingerprint density at radius 1 is 1.04 bits per heavy atom. The van der Waals surface area contributed by atoms with Gasteiger partial charge in [0.05, 0.1) is 29.5 Å². The average molecular weight is 755 g/mol. The first-order valence-electron chi connectivity index (χ1n) is 17.7. The van der Waals surface area contributed by atoms with Crippen molar-refractivity contribution in [1.29, 1.82) is 0 Å². The van der Waals surface area contributed by atoms with Crippen molar-refractivity contribution in [3.63, 3.8) is 0 Å². The second-order valence-corrected chi connectivity index (χ2v) is 13.9. The molecule has 3 aromatic rings. The molecule has 0 spiro atoms. The number of carbonyl (C=O) groups is 4. The number of anilines is 1. The average Bonchev–Trinajstić information content (AvgIpc) is 3.13. The lowest BCUT2D eigenvalue weighted by atomic mass is 9.96. The highest BCUT2D eigenvalue weighted by Crippen LogP contribution is 2.45. The van der Waals surface area contributed by atoms with Gasteiger partial charge in [0.25, 0.3) is 11.8 Å². The summed E-state index contributed by atoms with van der Waals surface area (Å²) in [5.41, 5.74) is -2.31.